The second-order valence-corrected chi connectivity index (χ2v) is 2.69. The van der Waals surface area contributed by atoms with Crippen molar-refractivity contribution in [3.63, 3.8) is 0 Å². The van der Waals surface area contributed by atoms with Crippen molar-refractivity contribution >= 4 is 0 Å². The third-order valence-electron chi connectivity index (χ3n) is 1.83. The first-order valence-corrected chi connectivity index (χ1v) is 3.53. The Balaban J connectivity index is 2.51. The number of ether oxygens (including phenoxy) is 1. The highest BCUT2D eigenvalue weighted by Gasteiger charge is 2.33. The minimum absolute atomic E-state index is 0.109. The largest absolute Gasteiger partial charge is 0.394 e. The molecule has 0 aromatic rings. The SMILES string of the molecule is NC1C(O)CC(O)OC1CO. The van der Waals surface area contributed by atoms with E-state index < -0.39 is 24.5 Å². The molecule has 5 heteroatoms. The van der Waals surface area contributed by atoms with Gasteiger partial charge in [-0.15, -0.1) is 0 Å². The van der Waals surface area contributed by atoms with E-state index in [4.69, 9.17) is 20.7 Å². The van der Waals surface area contributed by atoms with Gasteiger partial charge in [-0.2, -0.15) is 0 Å². The van der Waals surface area contributed by atoms with Crippen molar-refractivity contribution in [3.05, 3.63) is 0 Å². The van der Waals surface area contributed by atoms with E-state index in [9.17, 15) is 5.11 Å². The Kier molecular flexibility index (Phi) is 2.80. The third-order valence-corrected chi connectivity index (χ3v) is 1.83. The van der Waals surface area contributed by atoms with Gasteiger partial charge in [0.2, 0.25) is 0 Å². The molecule has 0 spiro atoms. The minimum atomic E-state index is -1.01. The van der Waals surface area contributed by atoms with Gasteiger partial charge in [0.1, 0.15) is 6.10 Å². The quantitative estimate of drug-likeness (QED) is 0.351. The normalized spacial score (nSPS) is 45.8. The number of hydrogen-bond acceptors (Lipinski definition) is 5. The molecule has 0 aliphatic carbocycles. The highest BCUT2D eigenvalue weighted by molar-refractivity contribution is 4.85. The van der Waals surface area contributed by atoms with E-state index in [1.54, 1.807) is 0 Å². The van der Waals surface area contributed by atoms with Gasteiger partial charge in [0.05, 0.1) is 18.8 Å². The molecule has 1 saturated heterocycles. The summed E-state index contributed by atoms with van der Waals surface area (Å²) >= 11 is 0. The Morgan fingerprint density at radius 2 is 2.09 bits per heavy atom. The fourth-order valence-corrected chi connectivity index (χ4v) is 1.12. The molecule has 11 heavy (non-hydrogen) atoms. The summed E-state index contributed by atoms with van der Waals surface area (Å²) in [5.74, 6) is 0. The van der Waals surface area contributed by atoms with E-state index in [-0.39, 0.29) is 13.0 Å². The molecule has 4 unspecified atom stereocenters. The van der Waals surface area contributed by atoms with Gasteiger partial charge in [0.15, 0.2) is 6.29 Å². The monoisotopic (exact) mass is 163 g/mol. The van der Waals surface area contributed by atoms with E-state index in [0.29, 0.717) is 0 Å². The molecular formula is C6H13NO4. The lowest BCUT2D eigenvalue weighted by Crippen LogP contribution is -2.54. The predicted molar refractivity (Wildman–Crippen MR) is 36.6 cm³/mol. The maximum absolute atomic E-state index is 9.17. The smallest absolute Gasteiger partial charge is 0.157 e. The van der Waals surface area contributed by atoms with Crippen molar-refractivity contribution in [3.8, 4) is 0 Å². The van der Waals surface area contributed by atoms with Gasteiger partial charge in [-0.1, -0.05) is 0 Å². The summed E-state index contributed by atoms with van der Waals surface area (Å²) in [6.07, 6.45) is -2.36. The van der Waals surface area contributed by atoms with Crippen LogP contribution in [-0.4, -0.2) is 46.5 Å². The summed E-state index contributed by atoms with van der Waals surface area (Å²) < 4.78 is 4.84. The first-order chi connectivity index (χ1) is 5.15. The van der Waals surface area contributed by atoms with Gasteiger partial charge in [0.25, 0.3) is 0 Å². The molecule has 1 rings (SSSR count). The first kappa shape index (κ1) is 8.89. The zero-order chi connectivity index (χ0) is 8.43. The molecule has 0 saturated carbocycles. The van der Waals surface area contributed by atoms with Crippen LogP contribution in [0.15, 0.2) is 0 Å². The molecule has 0 amide bonds. The molecule has 1 aliphatic heterocycles. The molecule has 4 atom stereocenters. The summed E-state index contributed by atoms with van der Waals surface area (Å²) in [4.78, 5) is 0. The predicted octanol–water partition coefficient (Wildman–Crippen LogP) is -2.23. The molecule has 1 heterocycles. The number of aliphatic hydroxyl groups is 3. The van der Waals surface area contributed by atoms with E-state index in [1.807, 2.05) is 0 Å². The summed E-state index contributed by atoms with van der Waals surface area (Å²) in [6, 6.07) is -0.608. The van der Waals surface area contributed by atoms with Crippen molar-refractivity contribution in [1.29, 1.82) is 0 Å². The first-order valence-electron chi connectivity index (χ1n) is 3.53. The standard InChI is InChI=1S/C6H13NO4/c7-6-3(9)1-5(10)11-4(6)2-8/h3-6,8-10H,1-2,7H2. The van der Waals surface area contributed by atoms with Gasteiger partial charge in [-0.05, 0) is 0 Å². The number of aliphatic hydroxyl groups excluding tert-OH is 3. The molecule has 5 nitrogen and oxygen atoms in total. The highest BCUT2D eigenvalue weighted by atomic mass is 16.6. The third kappa shape index (κ3) is 1.88. The number of rotatable bonds is 1. The second-order valence-electron chi connectivity index (χ2n) is 2.69. The average molecular weight is 163 g/mol. The topological polar surface area (TPSA) is 95.9 Å². The van der Waals surface area contributed by atoms with Gasteiger partial charge in [-0.3, -0.25) is 0 Å². The molecule has 0 aromatic heterocycles. The van der Waals surface area contributed by atoms with E-state index in [1.165, 1.54) is 0 Å². The zero-order valence-electron chi connectivity index (χ0n) is 6.05. The van der Waals surface area contributed by atoms with Crippen LogP contribution < -0.4 is 5.73 Å². The zero-order valence-corrected chi connectivity index (χ0v) is 6.05. The van der Waals surface area contributed by atoms with Crippen LogP contribution in [0.2, 0.25) is 0 Å². The molecule has 0 bridgehead atoms. The Hall–Kier alpha value is -0.200. The Bertz CT molecular complexity index is 132. The van der Waals surface area contributed by atoms with E-state index in [0.717, 1.165) is 0 Å². The maximum Gasteiger partial charge on any atom is 0.157 e. The Morgan fingerprint density at radius 1 is 1.45 bits per heavy atom. The van der Waals surface area contributed by atoms with Gasteiger partial charge in [-0.25, -0.2) is 0 Å². The minimum Gasteiger partial charge on any atom is -0.394 e. The van der Waals surface area contributed by atoms with Crippen molar-refractivity contribution in [2.24, 2.45) is 5.73 Å². The van der Waals surface area contributed by atoms with Crippen molar-refractivity contribution < 1.29 is 20.1 Å². The van der Waals surface area contributed by atoms with Gasteiger partial charge >= 0.3 is 0 Å². The molecule has 1 aliphatic rings. The van der Waals surface area contributed by atoms with Crippen molar-refractivity contribution in [2.75, 3.05) is 6.61 Å². The van der Waals surface area contributed by atoms with Crippen LogP contribution in [0.25, 0.3) is 0 Å². The second kappa shape index (κ2) is 3.46. The molecule has 66 valence electrons. The van der Waals surface area contributed by atoms with Gasteiger partial charge in [0, 0.05) is 6.42 Å². The van der Waals surface area contributed by atoms with Crippen LogP contribution >= 0.6 is 0 Å². The van der Waals surface area contributed by atoms with Crippen LogP contribution in [0, 0.1) is 0 Å². The van der Waals surface area contributed by atoms with Crippen molar-refractivity contribution in [1.82, 2.24) is 0 Å². The van der Waals surface area contributed by atoms with Crippen LogP contribution in [0.1, 0.15) is 6.42 Å². The number of nitrogens with two attached hydrogens (primary N) is 1. The lowest BCUT2D eigenvalue weighted by Gasteiger charge is -2.34. The Morgan fingerprint density at radius 3 is 2.64 bits per heavy atom. The molecular weight excluding hydrogens is 150 g/mol. The van der Waals surface area contributed by atoms with E-state index >= 15 is 0 Å². The highest BCUT2D eigenvalue weighted by Crippen LogP contribution is 2.16. The number of hydrogen-bond donors (Lipinski definition) is 4. The molecule has 5 N–H and O–H groups in total. The van der Waals surface area contributed by atoms with Crippen LogP contribution in [-0.2, 0) is 4.74 Å². The van der Waals surface area contributed by atoms with Crippen LogP contribution in [0.4, 0.5) is 0 Å². The Labute approximate surface area is 64.4 Å². The lowest BCUT2D eigenvalue weighted by atomic mass is 10.0. The van der Waals surface area contributed by atoms with Crippen molar-refractivity contribution in [2.45, 2.75) is 31.0 Å². The molecule has 0 radical (unpaired) electrons. The maximum atomic E-state index is 9.17. The summed E-state index contributed by atoms with van der Waals surface area (Å²) in [5, 5.41) is 26.8. The van der Waals surface area contributed by atoms with Gasteiger partial charge < -0.3 is 25.8 Å². The molecule has 0 aromatic carbocycles. The van der Waals surface area contributed by atoms with Crippen LogP contribution in [0.5, 0.6) is 0 Å². The van der Waals surface area contributed by atoms with Crippen LogP contribution in [0.3, 0.4) is 0 Å². The summed E-state index contributed by atoms with van der Waals surface area (Å²) in [6.45, 7) is -0.282. The lowest BCUT2D eigenvalue weighted by molar-refractivity contribution is -0.204. The average Bonchev–Trinajstić information content (AvgIpc) is 1.96. The van der Waals surface area contributed by atoms with E-state index in [2.05, 4.69) is 0 Å². The fourth-order valence-electron chi connectivity index (χ4n) is 1.12. The fraction of sp³-hybridized carbons (Fsp3) is 1.00. The molecule has 1 fully saturated rings. The summed E-state index contributed by atoms with van der Waals surface area (Å²) in [7, 11) is 0. The summed E-state index contributed by atoms with van der Waals surface area (Å²) in [5.41, 5.74) is 5.45.